The highest BCUT2D eigenvalue weighted by Crippen LogP contribution is 2.25. The van der Waals surface area contributed by atoms with Crippen molar-refractivity contribution in [3.05, 3.63) is 21.9 Å². The fourth-order valence-electron chi connectivity index (χ4n) is 2.82. The Labute approximate surface area is 120 Å². The zero-order valence-electron chi connectivity index (χ0n) is 11.7. The Morgan fingerprint density at radius 3 is 2.84 bits per heavy atom. The SMILES string of the molecule is CCN(Cc1cc(C#CCO)cs1)C1CCCCC1. The second kappa shape index (κ2) is 7.69. The van der Waals surface area contributed by atoms with E-state index >= 15 is 0 Å². The van der Waals surface area contributed by atoms with Gasteiger partial charge in [-0.05, 0) is 25.5 Å². The van der Waals surface area contributed by atoms with E-state index < -0.39 is 0 Å². The average molecular weight is 277 g/mol. The van der Waals surface area contributed by atoms with Crippen LogP contribution in [0.2, 0.25) is 0 Å². The molecule has 2 nitrogen and oxygen atoms in total. The standard InChI is InChI=1S/C16H23NOS/c1-2-17(15-8-4-3-5-9-15)12-16-11-14(13-19-16)7-6-10-18/h11,13,15,18H,2-5,8-10,12H2,1H3. The van der Waals surface area contributed by atoms with Crippen LogP contribution in [0.15, 0.2) is 11.4 Å². The highest BCUT2D eigenvalue weighted by atomic mass is 32.1. The minimum Gasteiger partial charge on any atom is -0.384 e. The third kappa shape index (κ3) is 4.35. The maximum atomic E-state index is 8.71. The van der Waals surface area contributed by atoms with E-state index in [-0.39, 0.29) is 6.61 Å². The first-order valence-corrected chi connectivity index (χ1v) is 8.12. The zero-order valence-corrected chi connectivity index (χ0v) is 12.5. The molecule has 0 aromatic carbocycles. The van der Waals surface area contributed by atoms with Gasteiger partial charge >= 0.3 is 0 Å². The summed E-state index contributed by atoms with van der Waals surface area (Å²) >= 11 is 1.78. The van der Waals surface area contributed by atoms with Crippen LogP contribution in [0.25, 0.3) is 0 Å². The minimum atomic E-state index is -0.0612. The van der Waals surface area contributed by atoms with Gasteiger partial charge in [0.15, 0.2) is 0 Å². The van der Waals surface area contributed by atoms with E-state index in [1.807, 2.05) is 0 Å². The first-order chi connectivity index (χ1) is 9.33. The van der Waals surface area contributed by atoms with Gasteiger partial charge in [0, 0.05) is 28.4 Å². The van der Waals surface area contributed by atoms with Crippen molar-refractivity contribution in [2.45, 2.75) is 51.6 Å². The van der Waals surface area contributed by atoms with Gasteiger partial charge in [0.25, 0.3) is 0 Å². The molecule has 1 saturated carbocycles. The van der Waals surface area contributed by atoms with Crippen LogP contribution in [-0.4, -0.2) is 29.2 Å². The van der Waals surface area contributed by atoms with Gasteiger partial charge in [0.1, 0.15) is 6.61 Å². The maximum absolute atomic E-state index is 8.71. The molecule has 1 fully saturated rings. The van der Waals surface area contributed by atoms with E-state index in [9.17, 15) is 0 Å². The summed E-state index contributed by atoms with van der Waals surface area (Å²) < 4.78 is 0. The molecule has 0 amide bonds. The second-order valence-corrected chi connectivity index (χ2v) is 6.11. The Balaban J connectivity index is 1.95. The predicted octanol–water partition coefficient (Wildman–Crippen LogP) is 3.25. The van der Waals surface area contributed by atoms with Crippen molar-refractivity contribution in [2.24, 2.45) is 0 Å². The van der Waals surface area contributed by atoms with E-state index in [0.29, 0.717) is 0 Å². The van der Waals surface area contributed by atoms with Gasteiger partial charge in [-0.15, -0.1) is 11.3 Å². The number of hydrogen-bond donors (Lipinski definition) is 1. The van der Waals surface area contributed by atoms with Crippen molar-refractivity contribution >= 4 is 11.3 Å². The minimum absolute atomic E-state index is 0.0612. The second-order valence-electron chi connectivity index (χ2n) is 5.12. The van der Waals surface area contributed by atoms with Crippen LogP contribution < -0.4 is 0 Å². The number of rotatable bonds is 4. The van der Waals surface area contributed by atoms with Gasteiger partial charge in [0.2, 0.25) is 0 Å². The first kappa shape index (κ1) is 14.6. The Kier molecular flexibility index (Phi) is 5.91. The molecule has 1 aromatic heterocycles. The Hall–Kier alpha value is -0.820. The molecule has 0 bridgehead atoms. The summed E-state index contributed by atoms with van der Waals surface area (Å²) in [6, 6.07) is 2.94. The molecule has 3 heteroatoms. The van der Waals surface area contributed by atoms with Crippen LogP contribution in [0, 0.1) is 11.8 Å². The lowest BCUT2D eigenvalue weighted by Crippen LogP contribution is -2.35. The quantitative estimate of drug-likeness (QED) is 0.854. The molecule has 0 aliphatic heterocycles. The van der Waals surface area contributed by atoms with Gasteiger partial charge in [-0.1, -0.05) is 38.0 Å². The van der Waals surface area contributed by atoms with Crippen LogP contribution in [0.4, 0.5) is 0 Å². The summed E-state index contributed by atoms with van der Waals surface area (Å²) in [5, 5.41) is 10.8. The topological polar surface area (TPSA) is 23.5 Å². The van der Waals surface area contributed by atoms with Crippen LogP contribution in [0.3, 0.4) is 0 Å². The van der Waals surface area contributed by atoms with Crippen molar-refractivity contribution in [2.75, 3.05) is 13.2 Å². The van der Waals surface area contributed by atoms with Crippen molar-refractivity contribution in [1.82, 2.24) is 4.90 Å². The van der Waals surface area contributed by atoms with Crippen molar-refractivity contribution in [1.29, 1.82) is 0 Å². The van der Waals surface area contributed by atoms with Gasteiger partial charge < -0.3 is 5.11 Å². The number of thiophene rings is 1. The number of aliphatic hydroxyl groups excluding tert-OH is 1. The zero-order chi connectivity index (χ0) is 13.5. The lowest BCUT2D eigenvalue weighted by Gasteiger charge is -2.33. The monoisotopic (exact) mass is 277 g/mol. The van der Waals surface area contributed by atoms with Gasteiger partial charge in [-0.25, -0.2) is 0 Å². The highest BCUT2D eigenvalue weighted by molar-refractivity contribution is 7.10. The number of aliphatic hydroxyl groups is 1. The fraction of sp³-hybridized carbons (Fsp3) is 0.625. The summed E-state index contributed by atoms with van der Waals surface area (Å²) in [7, 11) is 0. The van der Waals surface area contributed by atoms with E-state index in [4.69, 9.17) is 5.11 Å². The normalized spacial score (nSPS) is 16.4. The molecule has 2 rings (SSSR count). The molecule has 104 valence electrons. The summed E-state index contributed by atoms with van der Waals surface area (Å²) in [4.78, 5) is 3.99. The fourth-order valence-corrected chi connectivity index (χ4v) is 3.66. The van der Waals surface area contributed by atoms with Crippen molar-refractivity contribution in [3.8, 4) is 11.8 Å². The summed E-state index contributed by atoms with van der Waals surface area (Å²) in [6.45, 7) is 4.37. The highest BCUT2D eigenvalue weighted by Gasteiger charge is 2.20. The van der Waals surface area contributed by atoms with Crippen LogP contribution >= 0.6 is 11.3 Å². The van der Waals surface area contributed by atoms with Crippen LogP contribution in [-0.2, 0) is 6.54 Å². The Morgan fingerprint density at radius 1 is 1.37 bits per heavy atom. The van der Waals surface area contributed by atoms with E-state index in [1.54, 1.807) is 11.3 Å². The third-order valence-electron chi connectivity index (χ3n) is 3.82. The van der Waals surface area contributed by atoms with Gasteiger partial charge in [-0.2, -0.15) is 0 Å². The van der Waals surface area contributed by atoms with E-state index in [2.05, 4.69) is 35.1 Å². The molecule has 0 atom stereocenters. The van der Waals surface area contributed by atoms with Crippen LogP contribution in [0.1, 0.15) is 49.5 Å². The maximum Gasteiger partial charge on any atom is 0.104 e. The Bertz CT molecular complexity index is 437. The lowest BCUT2D eigenvalue weighted by atomic mass is 9.94. The smallest absolute Gasteiger partial charge is 0.104 e. The Morgan fingerprint density at radius 2 is 2.16 bits per heavy atom. The third-order valence-corrected chi connectivity index (χ3v) is 4.74. The largest absolute Gasteiger partial charge is 0.384 e. The van der Waals surface area contributed by atoms with Gasteiger partial charge in [-0.3, -0.25) is 4.90 Å². The van der Waals surface area contributed by atoms with Crippen molar-refractivity contribution < 1.29 is 5.11 Å². The molecule has 1 N–H and O–H groups in total. The molecule has 1 heterocycles. The molecule has 1 aliphatic rings. The number of hydrogen-bond acceptors (Lipinski definition) is 3. The molecule has 0 radical (unpaired) electrons. The summed E-state index contributed by atoms with van der Waals surface area (Å²) in [6.07, 6.45) is 6.90. The van der Waals surface area contributed by atoms with Gasteiger partial charge in [0.05, 0.1) is 0 Å². The first-order valence-electron chi connectivity index (χ1n) is 7.24. The number of nitrogens with zero attached hydrogens (tertiary/aromatic N) is 1. The molecule has 0 saturated heterocycles. The van der Waals surface area contributed by atoms with Crippen LogP contribution in [0.5, 0.6) is 0 Å². The van der Waals surface area contributed by atoms with E-state index in [0.717, 1.165) is 24.7 Å². The molecular weight excluding hydrogens is 254 g/mol. The summed E-state index contributed by atoms with van der Waals surface area (Å²) in [5.41, 5.74) is 1.04. The van der Waals surface area contributed by atoms with E-state index in [1.165, 1.54) is 37.0 Å². The molecule has 0 unspecified atom stereocenters. The average Bonchev–Trinajstić information content (AvgIpc) is 2.91. The molecule has 19 heavy (non-hydrogen) atoms. The molecule has 1 aliphatic carbocycles. The summed E-state index contributed by atoms with van der Waals surface area (Å²) in [5.74, 6) is 5.68. The predicted molar refractivity (Wildman–Crippen MR) is 81.2 cm³/mol. The lowest BCUT2D eigenvalue weighted by molar-refractivity contribution is 0.157. The molecule has 1 aromatic rings. The van der Waals surface area contributed by atoms with Crippen molar-refractivity contribution in [3.63, 3.8) is 0 Å². The molecular formula is C16H23NOS. The molecule has 0 spiro atoms.